The zero-order chi connectivity index (χ0) is 7.84. The van der Waals surface area contributed by atoms with Crippen LogP contribution in [0.4, 0.5) is 0 Å². The van der Waals surface area contributed by atoms with Crippen molar-refractivity contribution < 1.29 is 9.90 Å². The maximum Gasteiger partial charge on any atom is 0.345 e. The third-order valence-electron chi connectivity index (χ3n) is 1.24. The molecule has 1 N–H and O–H groups in total. The van der Waals surface area contributed by atoms with Crippen LogP contribution in [0, 0.1) is 0 Å². The van der Waals surface area contributed by atoms with Gasteiger partial charge in [-0.05, 0) is 6.07 Å². The van der Waals surface area contributed by atoms with Crippen molar-refractivity contribution in [2.24, 2.45) is 0 Å². The predicted octanol–water partition coefficient (Wildman–Crippen LogP) is 2.06. The summed E-state index contributed by atoms with van der Waals surface area (Å²) in [5, 5.41) is 8.59. The summed E-state index contributed by atoms with van der Waals surface area (Å²) in [6.45, 7) is 0. The number of aromatic carboxylic acids is 1. The molecule has 0 radical (unpaired) electrons. The quantitative estimate of drug-likeness (QED) is 0.739. The molecule has 3 nitrogen and oxygen atoms in total. The second kappa shape index (κ2) is 2.28. The van der Waals surface area contributed by atoms with E-state index in [1.54, 1.807) is 11.6 Å². The highest BCUT2D eigenvalue weighted by atomic mass is 32.1. The van der Waals surface area contributed by atoms with Crippen LogP contribution in [-0.4, -0.2) is 16.1 Å². The van der Waals surface area contributed by atoms with Gasteiger partial charge in [0.25, 0.3) is 0 Å². The van der Waals surface area contributed by atoms with E-state index in [0.717, 1.165) is 9.53 Å². The molecule has 0 aliphatic rings. The Labute approximate surface area is 69.9 Å². The van der Waals surface area contributed by atoms with Gasteiger partial charge in [0.1, 0.15) is 9.71 Å². The predicted molar refractivity (Wildman–Crippen MR) is 44.5 cm³/mol. The van der Waals surface area contributed by atoms with Gasteiger partial charge < -0.3 is 5.11 Å². The van der Waals surface area contributed by atoms with Gasteiger partial charge in [-0.15, -0.1) is 22.7 Å². The lowest BCUT2D eigenvalue weighted by molar-refractivity contribution is 0.0702. The maximum atomic E-state index is 10.5. The Bertz CT molecular complexity index is 375. The number of carbonyl (C=O) groups is 1. The molecule has 0 aliphatic carbocycles. The highest BCUT2D eigenvalue weighted by Gasteiger charge is 2.08. The molecule has 5 heteroatoms. The average molecular weight is 185 g/mol. The van der Waals surface area contributed by atoms with Crippen molar-refractivity contribution in [3.63, 3.8) is 0 Å². The van der Waals surface area contributed by atoms with E-state index >= 15 is 0 Å². The van der Waals surface area contributed by atoms with E-state index in [1.165, 1.54) is 22.7 Å². The van der Waals surface area contributed by atoms with E-state index < -0.39 is 5.97 Å². The van der Waals surface area contributed by atoms with E-state index in [9.17, 15) is 4.79 Å². The van der Waals surface area contributed by atoms with Crippen LogP contribution in [0.2, 0.25) is 0 Å². The molecule has 0 aliphatic heterocycles. The minimum atomic E-state index is -0.875. The molecular formula is C6H3NO2S2. The van der Waals surface area contributed by atoms with Gasteiger partial charge in [0.15, 0.2) is 0 Å². The Morgan fingerprint density at radius 2 is 2.45 bits per heavy atom. The Morgan fingerprint density at radius 1 is 1.64 bits per heavy atom. The lowest BCUT2D eigenvalue weighted by Crippen LogP contribution is -1.89. The fourth-order valence-electron chi connectivity index (χ4n) is 0.776. The summed E-state index contributed by atoms with van der Waals surface area (Å²) in [5.41, 5.74) is 1.72. The van der Waals surface area contributed by atoms with Crippen molar-refractivity contribution in [3.05, 3.63) is 16.5 Å². The summed E-state index contributed by atoms with van der Waals surface area (Å²) in [6, 6.07) is 1.65. The molecule has 0 unspecified atom stereocenters. The van der Waals surface area contributed by atoms with Gasteiger partial charge in [-0.1, -0.05) is 0 Å². The van der Waals surface area contributed by atoms with Crippen LogP contribution in [0.25, 0.3) is 9.53 Å². The first-order valence-corrected chi connectivity index (χ1v) is 4.53. The number of carboxylic acid groups (broad SMARTS) is 1. The van der Waals surface area contributed by atoms with Crippen LogP contribution in [0.1, 0.15) is 9.67 Å². The average Bonchev–Trinajstić information content (AvgIpc) is 2.40. The van der Waals surface area contributed by atoms with E-state index in [1.807, 2.05) is 0 Å². The van der Waals surface area contributed by atoms with Crippen LogP contribution >= 0.6 is 22.7 Å². The number of rotatable bonds is 1. The lowest BCUT2D eigenvalue weighted by atomic mass is 10.5. The summed E-state index contributed by atoms with van der Waals surface area (Å²) in [7, 11) is 0. The number of thiophene rings is 1. The van der Waals surface area contributed by atoms with Crippen molar-refractivity contribution in [3.8, 4) is 0 Å². The van der Waals surface area contributed by atoms with E-state index in [4.69, 9.17) is 5.11 Å². The number of hydrogen-bond acceptors (Lipinski definition) is 4. The zero-order valence-electron chi connectivity index (χ0n) is 5.27. The molecule has 0 atom stereocenters. The molecule has 0 saturated carbocycles. The molecule has 2 aromatic heterocycles. The Hall–Kier alpha value is -0.940. The normalized spacial score (nSPS) is 10.5. The number of fused-ring (bicyclic) bond motifs is 1. The highest BCUT2D eigenvalue weighted by molar-refractivity contribution is 7.27. The summed E-state index contributed by atoms with van der Waals surface area (Å²) in [5.74, 6) is -0.875. The molecule has 11 heavy (non-hydrogen) atoms. The fraction of sp³-hybridized carbons (Fsp3) is 0. The van der Waals surface area contributed by atoms with Crippen molar-refractivity contribution in [1.82, 2.24) is 4.98 Å². The maximum absolute atomic E-state index is 10.5. The number of aromatic nitrogens is 1. The second-order valence-corrected chi connectivity index (χ2v) is 3.85. The van der Waals surface area contributed by atoms with Crippen molar-refractivity contribution >= 4 is 38.2 Å². The molecule has 0 aromatic carbocycles. The molecular weight excluding hydrogens is 182 g/mol. The first-order chi connectivity index (χ1) is 5.27. The topological polar surface area (TPSA) is 50.2 Å². The van der Waals surface area contributed by atoms with Crippen molar-refractivity contribution in [2.75, 3.05) is 0 Å². The third kappa shape index (κ3) is 1.02. The van der Waals surface area contributed by atoms with Gasteiger partial charge in [-0.3, -0.25) is 0 Å². The van der Waals surface area contributed by atoms with Crippen LogP contribution in [0.15, 0.2) is 11.6 Å². The summed E-state index contributed by atoms with van der Waals surface area (Å²) < 4.78 is 0.951. The first-order valence-electron chi connectivity index (χ1n) is 2.83. The van der Waals surface area contributed by atoms with Crippen LogP contribution < -0.4 is 0 Å². The number of hydrogen-bond donors (Lipinski definition) is 1. The number of nitrogens with zero attached hydrogens (tertiary/aromatic N) is 1. The van der Waals surface area contributed by atoms with Gasteiger partial charge in [0.2, 0.25) is 0 Å². The molecule has 0 amide bonds. The molecule has 0 saturated heterocycles. The van der Waals surface area contributed by atoms with Crippen LogP contribution in [0.5, 0.6) is 0 Å². The first kappa shape index (κ1) is 6.75. The minimum Gasteiger partial charge on any atom is -0.477 e. The van der Waals surface area contributed by atoms with E-state index in [2.05, 4.69) is 4.98 Å². The summed E-state index contributed by atoms with van der Waals surface area (Å²) in [6.07, 6.45) is 0. The molecule has 2 rings (SSSR count). The smallest absolute Gasteiger partial charge is 0.345 e. The van der Waals surface area contributed by atoms with Gasteiger partial charge in [0.05, 0.1) is 10.2 Å². The third-order valence-corrected chi connectivity index (χ3v) is 3.18. The Kier molecular flexibility index (Phi) is 1.40. The van der Waals surface area contributed by atoms with Gasteiger partial charge in [0, 0.05) is 0 Å². The molecule has 56 valence electrons. The van der Waals surface area contributed by atoms with Crippen molar-refractivity contribution in [1.29, 1.82) is 0 Å². The van der Waals surface area contributed by atoms with E-state index in [-0.39, 0.29) is 0 Å². The van der Waals surface area contributed by atoms with Crippen LogP contribution in [0.3, 0.4) is 0 Å². The largest absolute Gasteiger partial charge is 0.477 e. The zero-order valence-corrected chi connectivity index (χ0v) is 6.91. The molecule has 2 heterocycles. The summed E-state index contributed by atoms with van der Waals surface area (Å²) in [4.78, 5) is 15.6. The van der Waals surface area contributed by atoms with Crippen LogP contribution in [-0.2, 0) is 0 Å². The van der Waals surface area contributed by atoms with E-state index in [0.29, 0.717) is 4.88 Å². The number of thiazole rings is 1. The SMILES string of the molecule is O=C(O)c1cc2scnc2s1. The fourth-order valence-corrected chi connectivity index (χ4v) is 2.53. The molecule has 0 spiro atoms. The van der Waals surface area contributed by atoms with Crippen molar-refractivity contribution in [2.45, 2.75) is 0 Å². The molecule has 0 bridgehead atoms. The number of carboxylic acids is 1. The minimum absolute atomic E-state index is 0.361. The summed E-state index contributed by atoms with van der Waals surface area (Å²) >= 11 is 2.67. The van der Waals surface area contributed by atoms with Gasteiger partial charge in [-0.25, -0.2) is 9.78 Å². The highest BCUT2D eigenvalue weighted by Crippen LogP contribution is 2.27. The Morgan fingerprint density at radius 3 is 3.09 bits per heavy atom. The standard InChI is InChI=1S/C6H3NO2S2/c8-6(9)4-1-3-5(11-4)7-2-10-3/h1-2H,(H,8,9). The van der Waals surface area contributed by atoms with Gasteiger partial charge in [-0.2, -0.15) is 0 Å². The lowest BCUT2D eigenvalue weighted by Gasteiger charge is -1.79. The Balaban J connectivity index is 2.67. The molecule has 0 fully saturated rings. The monoisotopic (exact) mass is 185 g/mol. The molecule has 2 aromatic rings. The van der Waals surface area contributed by atoms with Gasteiger partial charge >= 0.3 is 5.97 Å². The second-order valence-electron chi connectivity index (χ2n) is 1.94.